The zero-order valence-electron chi connectivity index (χ0n) is 12.7. The van der Waals surface area contributed by atoms with Crippen molar-refractivity contribution >= 4 is 34.2 Å². The fourth-order valence-electron chi connectivity index (χ4n) is 2.52. The fourth-order valence-corrected chi connectivity index (χ4v) is 2.69. The van der Waals surface area contributed by atoms with Gasteiger partial charge in [-0.15, -0.1) is 0 Å². The summed E-state index contributed by atoms with van der Waals surface area (Å²) in [5.41, 5.74) is 3.57. The van der Waals surface area contributed by atoms with E-state index in [0.29, 0.717) is 16.3 Å². The summed E-state index contributed by atoms with van der Waals surface area (Å²) >= 11 is 5.87. The standard InChI is InChI=1S/C17H15ClN2O3/c1-9-5-10(2)17-12(6-9)13(20-23-17)8-16(22)19-14-7-11(18)3-4-15(14)21/h3-7,21H,8H2,1-2H3,(H,19,22). The van der Waals surface area contributed by atoms with Gasteiger partial charge < -0.3 is 14.9 Å². The summed E-state index contributed by atoms with van der Waals surface area (Å²) in [7, 11) is 0. The summed E-state index contributed by atoms with van der Waals surface area (Å²) < 4.78 is 5.33. The number of amides is 1. The number of aromatic nitrogens is 1. The molecule has 0 saturated heterocycles. The molecular formula is C17H15ClN2O3. The Balaban J connectivity index is 1.85. The van der Waals surface area contributed by atoms with E-state index in [9.17, 15) is 9.90 Å². The second-order valence-electron chi connectivity index (χ2n) is 5.47. The molecule has 118 valence electrons. The largest absolute Gasteiger partial charge is 0.506 e. The Morgan fingerprint density at radius 1 is 1.30 bits per heavy atom. The lowest BCUT2D eigenvalue weighted by molar-refractivity contribution is -0.115. The Kier molecular flexibility index (Phi) is 3.96. The van der Waals surface area contributed by atoms with Gasteiger partial charge in [-0.1, -0.05) is 22.8 Å². The smallest absolute Gasteiger partial charge is 0.230 e. The summed E-state index contributed by atoms with van der Waals surface area (Å²) in [6, 6.07) is 8.41. The van der Waals surface area contributed by atoms with Crippen LogP contribution in [-0.4, -0.2) is 16.2 Å². The van der Waals surface area contributed by atoms with Gasteiger partial charge in [-0.25, -0.2) is 0 Å². The number of fused-ring (bicyclic) bond motifs is 1. The second kappa shape index (κ2) is 5.93. The Labute approximate surface area is 137 Å². The van der Waals surface area contributed by atoms with Crippen LogP contribution in [0.5, 0.6) is 5.75 Å². The first-order valence-corrected chi connectivity index (χ1v) is 7.45. The van der Waals surface area contributed by atoms with Gasteiger partial charge in [0.25, 0.3) is 0 Å². The van der Waals surface area contributed by atoms with Crippen molar-refractivity contribution in [3.8, 4) is 5.75 Å². The predicted octanol–water partition coefficient (Wildman–Crippen LogP) is 3.98. The molecule has 6 heteroatoms. The number of aromatic hydroxyl groups is 1. The van der Waals surface area contributed by atoms with E-state index < -0.39 is 0 Å². The number of benzene rings is 2. The van der Waals surface area contributed by atoms with E-state index >= 15 is 0 Å². The van der Waals surface area contributed by atoms with E-state index in [1.807, 2.05) is 26.0 Å². The molecule has 1 amide bonds. The van der Waals surface area contributed by atoms with Crippen LogP contribution in [0, 0.1) is 13.8 Å². The number of halogens is 1. The minimum atomic E-state index is -0.308. The molecule has 0 atom stereocenters. The van der Waals surface area contributed by atoms with E-state index in [1.165, 1.54) is 12.1 Å². The summed E-state index contributed by atoms with van der Waals surface area (Å²) in [5, 5.41) is 17.6. The monoisotopic (exact) mass is 330 g/mol. The first-order valence-electron chi connectivity index (χ1n) is 7.08. The van der Waals surface area contributed by atoms with E-state index in [4.69, 9.17) is 16.1 Å². The summed E-state index contributed by atoms with van der Waals surface area (Å²) in [4.78, 5) is 12.2. The molecule has 2 N–H and O–H groups in total. The molecule has 0 aliphatic carbocycles. The molecule has 23 heavy (non-hydrogen) atoms. The van der Waals surface area contributed by atoms with Gasteiger partial charge in [0.15, 0.2) is 5.58 Å². The maximum absolute atomic E-state index is 12.2. The average Bonchev–Trinajstić information content (AvgIpc) is 2.86. The molecule has 1 heterocycles. The molecule has 2 aromatic carbocycles. The predicted molar refractivity (Wildman–Crippen MR) is 88.9 cm³/mol. The van der Waals surface area contributed by atoms with Crippen molar-refractivity contribution < 1.29 is 14.4 Å². The first kappa shape index (κ1) is 15.4. The third-order valence-electron chi connectivity index (χ3n) is 3.54. The molecule has 0 radical (unpaired) electrons. The molecule has 5 nitrogen and oxygen atoms in total. The molecule has 0 bridgehead atoms. The number of phenolic OH excluding ortho intramolecular Hbond substituents is 1. The van der Waals surface area contributed by atoms with Gasteiger partial charge in [0.1, 0.15) is 11.4 Å². The Hall–Kier alpha value is -2.53. The number of hydrogen-bond donors (Lipinski definition) is 2. The van der Waals surface area contributed by atoms with Crippen molar-refractivity contribution in [3.63, 3.8) is 0 Å². The quantitative estimate of drug-likeness (QED) is 0.712. The lowest BCUT2D eigenvalue weighted by atomic mass is 10.1. The van der Waals surface area contributed by atoms with Gasteiger partial charge in [-0.05, 0) is 49.2 Å². The second-order valence-corrected chi connectivity index (χ2v) is 5.91. The number of carbonyl (C=O) groups excluding carboxylic acids is 1. The number of nitrogens with zero attached hydrogens (tertiary/aromatic N) is 1. The SMILES string of the molecule is Cc1cc(C)c2onc(CC(=O)Nc3cc(Cl)ccc3O)c2c1. The van der Waals surface area contributed by atoms with Crippen LogP contribution in [0.3, 0.4) is 0 Å². The number of rotatable bonds is 3. The minimum absolute atomic E-state index is 0.0422. The molecular weight excluding hydrogens is 316 g/mol. The van der Waals surface area contributed by atoms with Crippen molar-refractivity contribution in [1.29, 1.82) is 0 Å². The van der Waals surface area contributed by atoms with Gasteiger partial charge >= 0.3 is 0 Å². The molecule has 3 rings (SSSR count). The molecule has 0 saturated carbocycles. The van der Waals surface area contributed by atoms with Crippen LogP contribution < -0.4 is 5.32 Å². The van der Waals surface area contributed by atoms with Crippen molar-refractivity contribution in [1.82, 2.24) is 5.16 Å². The fraction of sp³-hybridized carbons (Fsp3) is 0.176. The number of nitrogens with one attached hydrogen (secondary N) is 1. The van der Waals surface area contributed by atoms with Crippen LogP contribution >= 0.6 is 11.6 Å². The summed E-state index contributed by atoms with van der Waals surface area (Å²) in [6.07, 6.45) is 0.0435. The number of phenols is 1. The normalized spacial score (nSPS) is 10.9. The van der Waals surface area contributed by atoms with Crippen molar-refractivity contribution in [2.45, 2.75) is 20.3 Å². The number of carbonyl (C=O) groups is 1. The number of aryl methyl sites for hydroxylation is 2. The van der Waals surface area contributed by atoms with E-state index in [2.05, 4.69) is 10.5 Å². The Morgan fingerprint density at radius 3 is 2.87 bits per heavy atom. The van der Waals surface area contributed by atoms with E-state index in [-0.39, 0.29) is 23.8 Å². The maximum atomic E-state index is 12.2. The third-order valence-corrected chi connectivity index (χ3v) is 3.77. The van der Waals surface area contributed by atoms with Crippen LogP contribution in [0.1, 0.15) is 16.8 Å². The highest BCUT2D eigenvalue weighted by molar-refractivity contribution is 6.31. The molecule has 0 fully saturated rings. The lowest BCUT2D eigenvalue weighted by Crippen LogP contribution is -2.14. The molecule has 3 aromatic rings. The first-order chi connectivity index (χ1) is 10.9. The van der Waals surface area contributed by atoms with Crippen LogP contribution in [0.25, 0.3) is 11.0 Å². The van der Waals surface area contributed by atoms with Crippen molar-refractivity contribution in [3.05, 3.63) is 52.2 Å². The van der Waals surface area contributed by atoms with Gasteiger partial charge in [0.05, 0.1) is 12.1 Å². The third kappa shape index (κ3) is 3.14. The number of anilines is 1. The molecule has 1 aromatic heterocycles. The van der Waals surface area contributed by atoms with Crippen LogP contribution in [0.15, 0.2) is 34.9 Å². The Morgan fingerprint density at radius 2 is 2.09 bits per heavy atom. The van der Waals surface area contributed by atoms with Gasteiger partial charge in [0.2, 0.25) is 5.91 Å². The Bertz CT molecular complexity index is 902. The molecule has 0 aliphatic heterocycles. The van der Waals surface area contributed by atoms with Crippen LogP contribution in [-0.2, 0) is 11.2 Å². The van der Waals surface area contributed by atoms with Crippen molar-refractivity contribution in [2.75, 3.05) is 5.32 Å². The molecule has 0 unspecified atom stereocenters. The summed E-state index contributed by atoms with van der Waals surface area (Å²) in [5.74, 6) is -0.351. The molecule has 0 spiro atoms. The minimum Gasteiger partial charge on any atom is -0.506 e. The van der Waals surface area contributed by atoms with Crippen molar-refractivity contribution in [2.24, 2.45) is 0 Å². The highest BCUT2D eigenvalue weighted by Gasteiger charge is 2.15. The highest BCUT2D eigenvalue weighted by Crippen LogP contribution is 2.27. The summed E-state index contributed by atoms with van der Waals surface area (Å²) in [6.45, 7) is 3.92. The maximum Gasteiger partial charge on any atom is 0.230 e. The van der Waals surface area contributed by atoms with Crippen LogP contribution in [0.4, 0.5) is 5.69 Å². The van der Waals surface area contributed by atoms with E-state index in [0.717, 1.165) is 16.5 Å². The zero-order valence-corrected chi connectivity index (χ0v) is 13.4. The molecule has 0 aliphatic rings. The van der Waals surface area contributed by atoms with Gasteiger partial charge in [-0.3, -0.25) is 4.79 Å². The average molecular weight is 331 g/mol. The van der Waals surface area contributed by atoms with Crippen LogP contribution in [0.2, 0.25) is 5.02 Å². The topological polar surface area (TPSA) is 75.4 Å². The number of hydrogen-bond acceptors (Lipinski definition) is 4. The van der Waals surface area contributed by atoms with E-state index in [1.54, 1.807) is 6.07 Å². The lowest BCUT2D eigenvalue weighted by Gasteiger charge is -2.07. The van der Waals surface area contributed by atoms with Gasteiger partial charge in [0, 0.05) is 10.4 Å². The zero-order chi connectivity index (χ0) is 16.6. The highest BCUT2D eigenvalue weighted by atomic mass is 35.5. The van der Waals surface area contributed by atoms with Gasteiger partial charge in [-0.2, -0.15) is 0 Å².